The molecule has 102 valence electrons. The van der Waals surface area contributed by atoms with Crippen molar-refractivity contribution in [3.05, 3.63) is 29.8 Å². The highest BCUT2D eigenvalue weighted by Crippen LogP contribution is 2.19. The van der Waals surface area contributed by atoms with Gasteiger partial charge in [-0.15, -0.1) is 0 Å². The number of rotatable bonds is 5. The van der Waals surface area contributed by atoms with Gasteiger partial charge in [0.2, 0.25) is 0 Å². The first-order chi connectivity index (χ1) is 8.33. The molecule has 1 aromatic carbocycles. The van der Waals surface area contributed by atoms with Crippen LogP contribution in [0.15, 0.2) is 24.3 Å². The molecule has 0 spiro atoms. The van der Waals surface area contributed by atoms with Crippen molar-refractivity contribution >= 4 is 5.69 Å². The Balaban J connectivity index is 2.70. The Morgan fingerprint density at radius 2 is 1.78 bits per heavy atom. The summed E-state index contributed by atoms with van der Waals surface area (Å²) in [5.41, 5.74) is 7.24. The van der Waals surface area contributed by atoms with Gasteiger partial charge in [-0.2, -0.15) is 13.2 Å². The van der Waals surface area contributed by atoms with Gasteiger partial charge in [0.15, 0.2) is 0 Å². The number of nitrogens with zero attached hydrogens (tertiary/aromatic N) is 1. The second-order valence-electron chi connectivity index (χ2n) is 4.27. The highest BCUT2D eigenvalue weighted by Gasteiger charge is 2.28. The minimum atomic E-state index is -4.23. The highest BCUT2D eigenvalue weighted by atomic mass is 19.4. The zero-order valence-electron chi connectivity index (χ0n) is 10.5. The first-order valence-corrected chi connectivity index (χ1v) is 5.61. The van der Waals surface area contributed by atoms with E-state index in [1.165, 1.54) is 0 Å². The fourth-order valence-corrected chi connectivity index (χ4v) is 1.58. The first kappa shape index (κ1) is 14.8. The smallest absolute Gasteiger partial charge is 0.378 e. The molecule has 0 saturated heterocycles. The molecular weight excluding hydrogens is 243 g/mol. The van der Waals surface area contributed by atoms with Crippen LogP contribution in [0.1, 0.15) is 11.6 Å². The lowest BCUT2D eigenvalue weighted by atomic mass is 10.1. The van der Waals surface area contributed by atoms with Crippen LogP contribution in [0.2, 0.25) is 0 Å². The summed E-state index contributed by atoms with van der Waals surface area (Å²) in [6, 6.07) is 6.80. The third-order valence-electron chi connectivity index (χ3n) is 2.60. The van der Waals surface area contributed by atoms with Crippen molar-refractivity contribution in [2.45, 2.75) is 12.2 Å². The van der Waals surface area contributed by atoms with Crippen molar-refractivity contribution in [3.8, 4) is 0 Å². The standard InChI is InChI=1S/C12H18F3N3/c1-18(2)10-5-3-9(4-6-10)11(7-16)17-8-12(13,14)15/h3-6,11,17H,7-8,16H2,1-2H3. The number of benzene rings is 1. The molecular formula is C12H18F3N3. The van der Waals surface area contributed by atoms with Gasteiger partial charge in [0.05, 0.1) is 6.54 Å². The summed E-state index contributed by atoms with van der Waals surface area (Å²) >= 11 is 0. The van der Waals surface area contributed by atoms with Crippen molar-refractivity contribution < 1.29 is 13.2 Å². The van der Waals surface area contributed by atoms with Gasteiger partial charge in [0, 0.05) is 32.4 Å². The summed E-state index contributed by atoms with van der Waals surface area (Å²) in [4.78, 5) is 1.92. The van der Waals surface area contributed by atoms with Gasteiger partial charge in [-0.3, -0.25) is 0 Å². The van der Waals surface area contributed by atoms with E-state index in [0.717, 1.165) is 11.3 Å². The lowest BCUT2D eigenvalue weighted by Gasteiger charge is -2.20. The van der Waals surface area contributed by atoms with Gasteiger partial charge >= 0.3 is 6.18 Å². The minimum absolute atomic E-state index is 0.122. The molecule has 0 aliphatic rings. The van der Waals surface area contributed by atoms with Gasteiger partial charge in [0.25, 0.3) is 0 Å². The van der Waals surface area contributed by atoms with E-state index in [0.29, 0.717) is 0 Å². The van der Waals surface area contributed by atoms with E-state index < -0.39 is 18.8 Å². The topological polar surface area (TPSA) is 41.3 Å². The zero-order valence-corrected chi connectivity index (χ0v) is 10.5. The molecule has 3 N–H and O–H groups in total. The average Bonchev–Trinajstić information content (AvgIpc) is 2.29. The predicted octanol–water partition coefficient (Wildman–Crippen LogP) is 1.90. The minimum Gasteiger partial charge on any atom is -0.378 e. The molecule has 0 aromatic heterocycles. The molecule has 0 saturated carbocycles. The Bertz CT molecular complexity index is 360. The maximum Gasteiger partial charge on any atom is 0.401 e. The van der Waals surface area contributed by atoms with Crippen molar-refractivity contribution in [2.24, 2.45) is 5.73 Å². The van der Waals surface area contributed by atoms with Crippen LogP contribution in [0.25, 0.3) is 0 Å². The fraction of sp³-hybridized carbons (Fsp3) is 0.500. The molecule has 0 amide bonds. The molecule has 1 aromatic rings. The van der Waals surface area contributed by atoms with E-state index in [9.17, 15) is 13.2 Å². The van der Waals surface area contributed by atoms with Crippen LogP contribution in [-0.2, 0) is 0 Å². The summed E-state index contributed by atoms with van der Waals surface area (Å²) in [5.74, 6) is 0. The summed E-state index contributed by atoms with van der Waals surface area (Å²) in [5, 5.41) is 2.41. The molecule has 18 heavy (non-hydrogen) atoms. The SMILES string of the molecule is CN(C)c1ccc(C(CN)NCC(F)(F)F)cc1. The molecule has 3 nitrogen and oxygen atoms in total. The van der Waals surface area contributed by atoms with Gasteiger partial charge in [-0.1, -0.05) is 12.1 Å². The van der Waals surface area contributed by atoms with Crippen LogP contribution < -0.4 is 16.0 Å². The van der Waals surface area contributed by atoms with Crippen molar-refractivity contribution in [1.82, 2.24) is 5.32 Å². The molecule has 1 unspecified atom stereocenters. The lowest BCUT2D eigenvalue weighted by Crippen LogP contribution is -2.35. The fourth-order valence-electron chi connectivity index (χ4n) is 1.58. The van der Waals surface area contributed by atoms with Gasteiger partial charge in [-0.05, 0) is 17.7 Å². The van der Waals surface area contributed by atoms with E-state index >= 15 is 0 Å². The second kappa shape index (κ2) is 6.06. The molecule has 1 atom stereocenters. The maximum atomic E-state index is 12.1. The average molecular weight is 261 g/mol. The van der Waals surface area contributed by atoms with Gasteiger partial charge in [-0.25, -0.2) is 0 Å². The zero-order chi connectivity index (χ0) is 13.8. The molecule has 6 heteroatoms. The number of hydrogen-bond donors (Lipinski definition) is 2. The quantitative estimate of drug-likeness (QED) is 0.850. The van der Waals surface area contributed by atoms with Crippen LogP contribution in [0.4, 0.5) is 18.9 Å². The largest absolute Gasteiger partial charge is 0.401 e. The Hall–Kier alpha value is -1.27. The third-order valence-corrected chi connectivity index (χ3v) is 2.60. The number of alkyl halides is 3. The monoisotopic (exact) mass is 261 g/mol. The maximum absolute atomic E-state index is 12.1. The summed E-state index contributed by atoms with van der Waals surface area (Å²) in [7, 11) is 3.80. The van der Waals surface area contributed by atoms with E-state index in [2.05, 4.69) is 5.32 Å². The first-order valence-electron chi connectivity index (χ1n) is 5.61. The number of anilines is 1. The summed E-state index contributed by atoms with van der Waals surface area (Å²) in [6.45, 7) is -0.915. The molecule has 0 bridgehead atoms. The van der Waals surface area contributed by atoms with E-state index in [1.807, 2.05) is 31.1 Å². The highest BCUT2D eigenvalue weighted by molar-refractivity contribution is 5.46. The molecule has 0 fully saturated rings. The Kier molecular flexibility index (Phi) is 4.98. The normalized spacial score (nSPS) is 13.4. The Morgan fingerprint density at radius 1 is 1.22 bits per heavy atom. The Labute approximate surface area is 105 Å². The number of hydrogen-bond acceptors (Lipinski definition) is 3. The number of halogens is 3. The van der Waals surface area contributed by atoms with Gasteiger partial charge < -0.3 is 16.0 Å². The van der Waals surface area contributed by atoms with E-state index in [-0.39, 0.29) is 6.54 Å². The van der Waals surface area contributed by atoms with Crippen LogP contribution in [0.5, 0.6) is 0 Å². The van der Waals surface area contributed by atoms with Crippen LogP contribution in [0, 0.1) is 0 Å². The Morgan fingerprint density at radius 3 is 2.17 bits per heavy atom. The predicted molar refractivity (Wildman–Crippen MR) is 66.6 cm³/mol. The van der Waals surface area contributed by atoms with E-state index in [4.69, 9.17) is 5.73 Å². The molecule has 0 aliphatic heterocycles. The second-order valence-corrected chi connectivity index (χ2v) is 4.27. The van der Waals surface area contributed by atoms with Crippen LogP contribution >= 0.6 is 0 Å². The van der Waals surface area contributed by atoms with Crippen LogP contribution in [-0.4, -0.2) is 33.4 Å². The third kappa shape index (κ3) is 4.54. The molecule has 0 radical (unpaired) electrons. The summed E-state index contributed by atoms with van der Waals surface area (Å²) < 4.78 is 36.4. The summed E-state index contributed by atoms with van der Waals surface area (Å²) in [6.07, 6.45) is -4.23. The van der Waals surface area contributed by atoms with E-state index in [1.54, 1.807) is 12.1 Å². The molecule has 0 aliphatic carbocycles. The lowest BCUT2D eigenvalue weighted by molar-refractivity contribution is -0.126. The van der Waals surface area contributed by atoms with Crippen molar-refractivity contribution in [3.63, 3.8) is 0 Å². The number of nitrogens with one attached hydrogen (secondary N) is 1. The number of nitrogens with two attached hydrogens (primary N) is 1. The van der Waals surface area contributed by atoms with Crippen molar-refractivity contribution in [2.75, 3.05) is 32.1 Å². The van der Waals surface area contributed by atoms with Crippen molar-refractivity contribution in [1.29, 1.82) is 0 Å². The van der Waals surface area contributed by atoms with Gasteiger partial charge in [0.1, 0.15) is 0 Å². The molecule has 1 rings (SSSR count). The molecule has 0 heterocycles. The van der Waals surface area contributed by atoms with Crippen LogP contribution in [0.3, 0.4) is 0 Å².